The molecule has 0 aliphatic carbocycles. The Morgan fingerprint density at radius 1 is 1.47 bits per heavy atom. The second-order valence-electron chi connectivity index (χ2n) is 4.69. The number of hydrogen-bond donors (Lipinski definition) is 1. The van der Waals surface area contributed by atoms with Gasteiger partial charge in [0, 0.05) is 24.3 Å². The van der Waals surface area contributed by atoms with Crippen LogP contribution in [-0.4, -0.2) is 18.6 Å². The van der Waals surface area contributed by atoms with Crippen LogP contribution in [-0.2, 0) is 6.42 Å². The zero-order valence-corrected chi connectivity index (χ0v) is 9.26. The van der Waals surface area contributed by atoms with Gasteiger partial charge in [-0.1, -0.05) is 6.07 Å². The standard InChI is InChI=1S/C12H17FN2/c1-12(2,8-14)15-6-5-9-3-4-10(13)7-11(9)15/h3-4,7H,5-6,8,14H2,1-2H3. The van der Waals surface area contributed by atoms with E-state index in [-0.39, 0.29) is 11.4 Å². The highest BCUT2D eigenvalue weighted by Crippen LogP contribution is 2.33. The van der Waals surface area contributed by atoms with Gasteiger partial charge < -0.3 is 10.6 Å². The molecule has 3 heteroatoms. The van der Waals surface area contributed by atoms with Crippen LogP contribution in [0.2, 0.25) is 0 Å². The minimum Gasteiger partial charge on any atom is -0.364 e. The minimum absolute atomic E-state index is 0.0982. The lowest BCUT2D eigenvalue weighted by Crippen LogP contribution is -2.48. The minimum atomic E-state index is -0.173. The fourth-order valence-corrected chi connectivity index (χ4v) is 2.09. The molecule has 2 rings (SSSR count). The lowest BCUT2D eigenvalue weighted by atomic mass is 10.0. The molecular weight excluding hydrogens is 191 g/mol. The molecule has 0 atom stereocenters. The van der Waals surface area contributed by atoms with E-state index < -0.39 is 0 Å². The third kappa shape index (κ3) is 1.72. The fourth-order valence-electron chi connectivity index (χ4n) is 2.09. The Morgan fingerprint density at radius 3 is 2.87 bits per heavy atom. The van der Waals surface area contributed by atoms with Gasteiger partial charge in [0.15, 0.2) is 0 Å². The van der Waals surface area contributed by atoms with Crippen LogP contribution in [0.1, 0.15) is 19.4 Å². The van der Waals surface area contributed by atoms with Gasteiger partial charge in [-0.2, -0.15) is 0 Å². The quantitative estimate of drug-likeness (QED) is 0.804. The van der Waals surface area contributed by atoms with Crippen LogP contribution in [0.25, 0.3) is 0 Å². The first-order chi connectivity index (χ1) is 7.04. The highest BCUT2D eigenvalue weighted by molar-refractivity contribution is 5.60. The molecule has 1 aromatic carbocycles. The van der Waals surface area contributed by atoms with Crippen LogP contribution in [0.4, 0.5) is 10.1 Å². The molecule has 1 aliphatic heterocycles. The van der Waals surface area contributed by atoms with Crippen molar-refractivity contribution >= 4 is 5.69 Å². The molecule has 0 saturated heterocycles. The van der Waals surface area contributed by atoms with E-state index in [9.17, 15) is 4.39 Å². The highest BCUT2D eigenvalue weighted by Gasteiger charge is 2.30. The van der Waals surface area contributed by atoms with Crippen molar-refractivity contribution in [1.29, 1.82) is 0 Å². The summed E-state index contributed by atoms with van der Waals surface area (Å²) in [5.41, 5.74) is 7.87. The molecule has 0 saturated carbocycles. The van der Waals surface area contributed by atoms with Gasteiger partial charge >= 0.3 is 0 Å². The predicted molar refractivity (Wildman–Crippen MR) is 60.6 cm³/mol. The molecule has 1 heterocycles. The van der Waals surface area contributed by atoms with Crippen molar-refractivity contribution in [3.05, 3.63) is 29.6 Å². The fraction of sp³-hybridized carbons (Fsp3) is 0.500. The third-order valence-corrected chi connectivity index (χ3v) is 3.17. The first-order valence-electron chi connectivity index (χ1n) is 5.31. The van der Waals surface area contributed by atoms with Crippen molar-refractivity contribution in [3.63, 3.8) is 0 Å². The van der Waals surface area contributed by atoms with E-state index in [1.807, 2.05) is 6.07 Å². The zero-order chi connectivity index (χ0) is 11.1. The van der Waals surface area contributed by atoms with Crippen LogP contribution in [0.5, 0.6) is 0 Å². The Kier molecular flexibility index (Phi) is 2.43. The topological polar surface area (TPSA) is 29.3 Å². The lowest BCUT2D eigenvalue weighted by Gasteiger charge is -2.36. The molecule has 15 heavy (non-hydrogen) atoms. The molecule has 0 aromatic heterocycles. The Bertz CT molecular complexity index is 374. The summed E-state index contributed by atoms with van der Waals surface area (Å²) in [5, 5.41) is 0. The maximum atomic E-state index is 13.2. The van der Waals surface area contributed by atoms with Crippen molar-refractivity contribution in [2.75, 3.05) is 18.0 Å². The maximum Gasteiger partial charge on any atom is 0.125 e. The van der Waals surface area contributed by atoms with Gasteiger partial charge in [0.1, 0.15) is 5.82 Å². The average Bonchev–Trinajstić information content (AvgIpc) is 2.61. The summed E-state index contributed by atoms with van der Waals surface area (Å²) in [4.78, 5) is 2.20. The van der Waals surface area contributed by atoms with Crippen molar-refractivity contribution in [2.45, 2.75) is 25.8 Å². The Morgan fingerprint density at radius 2 is 2.20 bits per heavy atom. The monoisotopic (exact) mass is 208 g/mol. The summed E-state index contributed by atoms with van der Waals surface area (Å²) in [6.45, 7) is 5.69. The summed E-state index contributed by atoms with van der Waals surface area (Å²) in [6.07, 6.45) is 0.985. The second kappa shape index (κ2) is 3.49. The number of hydrogen-bond acceptors (Lipinski definition) is 2. The molecule has 0 amide bonds. The molecule has 2 N–H and O–H groups in total. The van der Waals surface area contributed by atoms with Crippen LogP contribution in [0.3, 0.4) is 0 Å². The van der Waals surface area contributed by atoms with E-state index in [0.717, 1.165) is 18.7 Å². The normalized spacial score (nSPS) is 15.6. The van der Waals surface area contributed by atoms with Gasteiger partial charge in [-0.15, -0.1) is 0 Å². The largest absolute Gasteiger partial charge is 0.364 e. The predicted octanol–water partition coefficient (Wildman–Crippen LogP) is 1.93. The summed E-state index contributed by atoms with van der Waals surface area (Å²) in [6, 6.07) is 5.01. The molecular formula is C12H17FN2. The summed E-state index contributed by atoms with van der Waals surface area (Å²) in [7, 11) is 0. The van der Waals surface area contributed by atoms with Crippen molar-refractivity contribution in [1.82, 2.24) is 0 Å². The summed E-state index contributed by atoms with van der Waals surface area (Å²) >= 11 is 0. The second-order valence-corrected chi connectivity index (χ2v) is 4.69. The van der Waals surface area contributed by atoms with E-state index >= 15 is 0 Å². The first kappa shape index (κ1) is 10.4. The van der Waals surface area contributed by atoms with Gasteiger partial charge in [0.2, 0.25) is 0 Å². The molecule has 0 spiro atoms. The Labute approximate surface area is 89.9 Å². The van der Waals surface area contributed by atoms with E-state index in [1.165, 1.54) is 11.6 Å². The van der Waals surface area contributed by atoms with Crippen molar-refractivity contribution in [2.24, 2.45) is 5.73 Å². The van der Waals surface area contributed by atoms with E-state index in [2.05, 4.69) is 18.7 Å². The van der Waals surface area contributed by atoms with Crippen LogP contribution >= 0.6 is 0 Å². The highest BCUT2D eigenvalue weighted by atomic mass is 19.1. The SMILES string of the molecule is CC(C)(CN)N1CCc2ccc(F)cc21. The number of benzene rings is 1. The van der Waals surface area contributed by atoms with Gasteiger partial charge in [-0.25, -0.2) is 4.39 Å². The van der Waals surface area contributed by atoms with Crippen LogP contribution in [0, 0.1) is 5.82 Å². The van der Waals surface area contributed by atoms with Crippen molar-refractivity contribution < 1.29 is 4.39 Å². The number of fused-ring (bicyclic) bond motifs is 1. The van der Waals surface area contributed by atoms with Crippen LogP contribution < -0.4 is 10.6 Å². The van der Waals surface area contributed by atoms with Crippen LogP contribution in [0.15, 0.2) is 18.2 Å². The number of anilines is 1. The van der Waals surface area contributed by atoms with E-state index in [4.69, 9.17) is 5.73 Å². The Hall–Kier alpha value is -1.09. The van der Waals surface area contributed by atoms with Gasteiger partial charge in [0.25, 0.3) is 0 Å². The smallest absolute Gasteiger partial charge is 0.125 e. The number of nitrogens with zero attached hydrogens (tertiary/aromatic N) is 1. The van der Waals surface area contributed by atoms with Gasteiger partial charge in [-0.3, -0.25) is 0 Å². The average molecular weight is 208 g/mol. The molecule has 0 unspecified atom stereocenters. The summed E-state index contributed by atoms with van der Waals surface area (Å²) in [5.74, 6) is -0.173. The molecule has 0 radical (unpaired) electrons. The molecule has 2 nitrogen and oxygen atoms in total. The Balaban J connectivity index is 2.39. The lowest BCUT2D eigenvalue weighted by molar-refractivity contribution is 0.481. The van der Waals surface area contributed by atoms with Crippen molar-refractivity contribution in [3.8, 4) is 0 Å². The zero-order valence-electron chi connectivity index (χ0n) is 9.26. The maximum absolute atomic E-state index is 13.2. The molecule has 0 bridgehead atoms. The third-order valence-electron chi connectivity index (χ3n) is 3.17. The van der Waals surface area contributed by atoms with Gasteiger partial charge in [-0.05, 0) is 38.0 Å². The number of rotatable bonds is 2. The molecule has 82 valence electrons. The van der Waals surface area contributed by atoms with E-state index in [1.54, 1.807) is 6.07 Å². The molecule has 1 aromatic rings. The molecule has 0 fully saturated rings. The number of nitrogens with two attached hydrogens (primary N) is 1. The van der Waals surface area contributed by atoms with Gasteiger partial charge in [0.05, 0.1) is 0 Å². The van der Waals surface area contributed by atoms with E-state index in [0.29, 0.717) is 6.54 Å². The first-order valence-corrected chi connectivity index (χ1v) is 5.31. The summed E-state index contributed by atoms with van der Waals surface area (Å²) < 4.78 is 13.2. The molecule has 1 aliphatic rings. The number of halogens is 1.